The van der Waals surface area contributed by atoms with Crippen molar-refractivity contribution in [3.8, 4) is 0 Å². The summed E-state index contributed by atoms with van der Waals surface area (Å²) in [7, 11) is 0. The van der Waals surface area contributed by atoms with Gasteiger partial charge in [-0.1, -0.05) is 6.92 Å². The van der Waals surface area contributed by atoms with E-state index < -0.39 is 12.0 Å². The first-order valence-corrected chi connectivity index (χ1v) is 4.94. The Morgan fingerprint density at radius 2 is 2.27 bits per heavy atom. The Hall–Kier alpha value is -0.220. The van der Waals surface area contributed by atoms with E-state index in [1.54, 1.807) is 11.8 Å². The summed E-state index contributed by atoms with van der Waals surface area (Å²) in [5.41, 5.74) is 5.34. The minimum Gasteiger partial charge on any atom is -0.480 e. The average Bonchev–Trinajstić information content (AvgIpc) is 1.87. The lowest BCUT2D eigenvalue weighted by Crippen LogP contribution is -2.32. The first-order chi connectivity index (χ1) is 5.07. The van der Waals surface area contributed by atoms with Crippen LogP contribution in [0.15, 0.2) is 0 Å². The van der Waals surface area contributed by atoms with Gasteiger partial charge in [0.05, 0.1) is 0 Å². The second-order valence-corrected chi connectivity index (χ2v) is 3.65. The highest BCUT2D eigenvalue weighted by Gasteiger charge is 2.14. The second-order valence-electron chi connectivity index (χ2n) is 2.74. The fourth-order valence-electron chi connectivity index (χ4n) is 0.887. The van der Waals surface area contributed by atoms with E-state index in [0.29, 0.717) is 12.3 Å². The number of nitrogens with two attached hydrogens (primary N) is 1. The van der Waals surface area contributed by atoms with Gasteiger partial charge in [-0.15, -0.1) is 0 Å². The summed E-state index contributed by atoms with van der Waals surface area (Å²) < 4.78 is 0. The number of thioether (sulfide) groups is 1. The normalized spacial score (nSPS) is 15.9. The number of carbonyl (C=O) groups is 1. The Morgan fingerprint density at radius 1 is 1.73 bits per heavy atom. The molecule has 0 rings (SSSR count). The molecule has 0 amide bonds. The van der Waals surface area contributed by atoms with E-state index in [9.17, 15) is 4.79 Å². The molecule has 0 aromatic heterocycles. The topological polar surface area (TPSA) is 63.3 Å². The van der Waals surface area contributed by atoms with E-state index in [1.807, 2.05) is 13.2 Å². The molecule has 3 nitrogen and oxygen atoms in total. The Kier molecular flexibility index (Phi) is 5.32. The lowest BCUT2D eigenvalue weighted by molar-refractivity contribution is -0.138. The summed E-state index contributed by atoms with van der Waals surface area (Å²) in [6.45, 7) is 2.01. The maximum atomic E-state index is 10.3. The first-order valence-electron chi connectivity index (χ1n) is 3.55. The second kappa shape index (κ2) is 5.43. The van der Waals surface area contributed by atoms with Crippen molar-refractivity contribution in [2.75, 3.05) is 12.0 Å². The molecule has 0 aliphatic carbocycles. The van der Waals surface area contributed by atoms with Crippen LogP contribution < -0.4 is 5.73 Å². The largest absolute Gasteiger partial charge is 0.480 e. The highest BCUT2D eigenvalue weighted by atomic mass is 32.2. The fraction of sp³-hybridized carbons (Fsp3) is 0.857. The summed E-state index contributed by atoms with van der Waals surface area (Å²) in [4.78, 5) is 10.3. The van der Waals surface area contributed by atoms with Crippen LogP contribution in [0.3, 0.4) is 0 Å². The molecule has 0 heterocycles. The van der Waals surface area contributed by atoms with Crippen LogP contribution in [0.1, 0.15) is 13.3 Å². The van der Waals surface area contributed by atoms with Crippen LogP contribution in [0.5, 0.6) is 0 Å². The van der Waals surface area contributed by atoms with Gasteiger partial charge in [-0.3, -0.25) is 4.79 Å². The number of aliphatic carboxylic acids is 1. The molecule has 0 aromatic carbocycles. The molecule has 0 radical (unpaired) electrons. The van der Waals surface area contributed by atoms with Gasteiger partial charge in [-0.25, -0.2) is 0 Å². The molecule has 0 spiro atoms. The van der Waals surface area contributed by atoms with Crippen LogP contribution in [0, 0.1) is 5.92 Å². The number of hydrogen-bond donors (Lipinski definition) is 2. The van der Waals surface area contributed by atoms with Crippen LogP contribution in [0.4, 0.5) is 0 Å². The summed E-state index contributed by atoms with van der Waals surface area (Å²) >= 11 is 1.71. The summed E-state index contributed by atoms with van der Waals surface area (Å²) in [5.74, 6) is 0.454. The molecule has 2 atom stereocenters. The lowest BCUT2D eigenvalue weighted by atomic mass is 10.0. The molecular formula is C7H15NO2S. The predicted molar refractivity (Wildman–Crippen MR) is 47.8 cm³/mol. The molecule has 0 fully saturated rings. The lowest BCUT2D eigenvalue weighted by Gasteiger charge is -2.11. The monoisotopic (exact) mass is 177 g/mol. The van der Waals surface area contributed by atoms with Crippen molar-refractivity contribution in [1.82, 2.24) is 0 Å². The van der Waals surface area contributed by atoms with Gasteiger partial charge >= 0.3 is 5.97 Å². The summed E-state index contributed by atoms with van der Waals surface area (Å²) in [6.07, 6.45) is 2.57. The number of carboxylic acid groups (broad SMARTS) is 1. The minimum absolute atomic E-state index is 0.385. The molecule has 0 aliphatic heterocycles. The number of rotatable bonds is 5. The zero-order valence-electron chi connectivity index (χ0n) is 6.91. The standard InChI is InChI=1S/C7H15NO2S/c1-5(4-11-2)3-6(8)7(9)10/h5-6H,3-4,8H2,1-2H3,(H,9,10). The van der Waals surface area contributed by atoms with Gasteiger partial charge < -0.3 is 10.8 Å². The average molecular weight is 177 g/mol. The van der Waals surface area contributed by atoms with E-state index in [4.69, 9.17) is 10.8 Å². The number of carboxylic acids is 1. The van der Waals surface area contributed by atoms with Crippen LogP contribution in [0.25, 0.3) is 0 Å². The van der Waals surface area contributed by atoms with Gasteiger partial charge in [-0.2, -0.15) is 11.8 Å². The molecule has 3 N–H and O–H groups in total. The molecule has 0 aliphatic rings. The van der Waals surface area contributed by atoms with Gasteiger partial charge in [-0.05, 0) is 24.3 Å². The zero-order chi connectivity index (χ0) is 8.85. The Balaban J connectivity index is 3.56. The van der Waals surface area contributed by atoms with Crippen molar-refractivity contribution in [2.24, 2.45) is 11.7 Å². The molecule has 0 bridgehead atoms. The van der Waals surface area contributed by atoms with Gasteiger partial charge in [0.2, 0.25) is 0 Å². The van der Waals surface area contributed by atoms with Gasteiger partial charge in [0.25, 0.3) is 0 Å². The molecule has 0 aromatic rings. The van der Waals surface area contributed by atoms with Gasteiger partial charge in [0.15, 0.2) is 0 Å². The van der Waals surface area contributed by atoms with Crippen LogP contribution in [0.2, 0.25) is 0 Å². The van der Waals surface area contributed by atoms with Crippen molar-refractivity contribution < 1.29 is 9.90 Å². The Bertz CT molecular complexity index is 130. The van der Waals surface area contributed by atoms with Crippen LogP contribution in [-0.4, -0.2) is 29.1 Å². The molecular weight excluding hydrogens is 162 g/mol. The van der Waals surface area contributed by atoms with E-state index >= 15 is 0 Å². The van der Waals surface area contributed by atoms with Crippen molar-refractivity contribution in [3.05, 3.63) is 0 Å². The first kappa shape index (κ1) is 10.8. The SMILES string of the molecule is CSCC(C)CC(N)C(=O)O. The minimum atomic E-state index is -0.905. The van der Waals surface area contributed by atoms with E-state index in [2.05, 4.69) is 0 Å². The summed E-state index contributed by atoms with van der Waals surface area (Å²) in [5, 5.41) is 8.47. The molecule has 0 saturated carbocycles. The maximum Gasteiger partial charge on any atom is 0.320 e. The molecule has 2 unspecified atom stereocenters. The van der Waals surface area contributed by atoms with Crippen molar-refractivity contribution in [1.29, 1.82) is 0 Å². The highest BCUT2D eigenvalue weighted by Crippen LogP contribution is 2.10. The molecule has 11 heavy (non-hydrogen) atoms. The van der Waals surface area contributed by atoms with Crippen LogP contribution >= 0.6 is 11.8 Å². The number of hydrogen-bond acceptors (Lipinski definition) is 3. The highest BCUT2D eigenvalue weighted by molar-refractivity contribution is 7.98. The molecule has 4 heteroatoms. The maximum absolute atomic E-state index is 10.3. The quantitative estimate of drug-likeness (QED) is 0.651. The zero-order valence-corrected chi connectivity index (χ0v) is 7.73. The predicted octanol–water partition coefficient (Wildman–Crippen LogP) is 0.788. The fourth-order valence-corrected chi connectivity index (χ4v) is 1.59. The smallest absolute Gasteiger partial charge is 0.320 e. The van der Waals surface area contributed by atoms with Crippen molar-refractivity contribution >= 4 is 17.7 Å². The Morgan fingerprint density at radius 3 is 2.64 bits per heavy atom. The van der Waals surface area contributed by atoms with Crippen molar-refractivity contribution in [2.45, 2.75) is 19.4 Å². The third-order valence-electron chi connectivity index (χ3n) is 1.42. The summed E-state index contributed by atoms with van der Waals surface area (Å²) in [6, 6.07) is -0.697. The van der Waals surface area contributed by atoms with Crippen LogP contribution in [-0.2, 0) is 4.79 Å². The Labute approximate surface area is 71.3 Å². The van der Waals surface area contributed by atoms with E-state index in [-0.39, 0.29) is 0 Å². The van der Waals surface area contributed by atoms with Gasteiger partial charge in [0, 0.05) is 0 Å². The van der Waals surface area contributed by atoms with Crippen molar-refractivity contribution in [3.63, 3.8) is 0 Å². The molecule has 66 valence electrons. The van der Waals surface area contributed by atoms with E-state index in [0.717, 1.165) is 5.75 Å². The third kappa shape index (κ3) is 5.09. The van der Waals surface area contributed by atoms with E-state index in [1.165, 1.54) is 0 Å². The molecule has 0 saturated heterocycles. The van der Waals surface area contributed by atoms with Gasteiger partial charge in [0.1, 0.15) is 6.04 Å². The third-order valence-corrected chi connectivity index (χ3v) is 2.33.